The maximum absolute atomic E-state index is 10.8. The van der Waals surface area contributed by atoms with Gasteiger partial charge in [-0.25, -0.2) is 0 Å². The topological polar surface area (TPSA) is 43.8 Å². The Morgan fingerprint density at radius 3 is 2.69 bits per heavy atom. The van der Waals surface area contributed by atoms with Gasteiger partial charge in [-0.1, -0.05) is 6.42 Å². The fraction of sp³-hybridized carbons (Fsp3) is 0.917. The van der Waals surface area contributed by atoms with E-state index in [4.69, 9.17) is 5.11 Å². The van der Waals surface area contributed by atoms with Gasteiger partial charge in [0.05, 0.1) is 6.54 Å². The first kappa shape index (κ1) is 13.5. The van der Waals surface area contributed by atoms with Gasteiger partial charge in [0.15, 0.2) is 0 Å². The van der Waals surface area contributed by atoms with Crippen LogP contribution in [0.2, 0.25) is 0 Å². The summed E-state index contributed by atoms with van der Waals surface area (Å²) >= 11 is 0. The third-order valence-electron chi connectivity index (χ3n) is 3.44. The zero-order valence-electron chi connectivity index (χ0n) is 10.6. The third-order valence-corrected chi connectivity index (χ3v) is 3.44. The maximum Gasteiger partial charge on any atom is 0.317 e. The molecule has 1 atom stereocenters. The quantitative estimate of drug-likeness (QED) is 0.769. The van der Waals surface area contributed by atoms with Crippen molar-refractivity contribution in [3.05, 3.63) is 0 Å². The lowest BCUT2D eigenvalue weighted by molar-refractivity contribution is -0.139. The summed E-state index contributed by atoms with van der Waals surface area (Å²) in [5, 5.41) is 8.87. The molecule has 1 fully saturated rings. The second-order valence-corrected chi connectivity index (χ2v) is 5.05. The van der Waals surface area contributed by atoms with Crippen molar-refractivity contribution < 1.29 is 9.90 Å². The molecule has 0 amide bonds. The molecule has 94 valence electrons. The van der Waals surface area contributed by atoms with Crippen LogP contribution in [0.5, 0.6) is 0 Å². The van der Waals surface area contributed by atoms with Gasteiger partial charge in [0, 0.05) is 18.6 Å². The lowest BCUT2D eigenvalue weighted by Gasteiger charge is -2.37. The van der Waals surface area contributed by atoms with Crippen LogP contribution in [0.15, 0.2) is 0 Å². The number of carboxylic acids is 1. The first-order valence-corrected chi connectivity index (χ1v) is 6.16. The molecule has 0 bridgehead atoms. The summed E-state index contributed by atoms with van der Waals surface area (Å²) in [7, 11) is 2.14. The first-order valence-electron chi connectivity index (χ1n) is 6.16. The largest absolute Gasteiger partial charge is 0.480 e. The summed E-state index contributed by atoms with van der Waals surface area (Å²) in [6.45, 7) is 6.30. The van der Waals surface area contributed by atoms with Gasteiger partial charge >= 0.3 is 5.97 Å². The van der Waals surface area contributed by atoms with E-state index in [9.17, 15) is 4.79 Å². The second kappa shape index (κ2) is 6.21. The Labute approximate surface area is 98.2 Å². The van der Waals surface area contributed by atoms with E-state index in [2.05, 4.69) is 30.7 Å². The molecule has 1 saturated heterocycles. The Hall–Kier alpha value is -0.610. The van der Waals surface area contributed by atoms with Gasteiger partial charge in [0.1, 0.15) is 0 Å². The molecule has 1 aliphatic heterocycles. The van der Waals surface area contributed by atoms with Gasteiger partial charge in [-0.15, -0.1) is 0 Å². The van der Waals surface area contributed by atoms with Gasteiger partial charge in [0.25, 0.3) is 0 Å². The van der Waals surface area contributed by atoms with Gasteiger partial charge in [-0.2, -0.15) is 0 Å². The summed E-state index contributed by atoms with van der Waals surface area (Å²) in [5.41, 5.74) is 0. The number of likely N-dealkylation sites (N-methyl/N-ethyl adjacent to an activating group) is 1. The summed E-state index contributed by atoms with van der Waals surface area (Å²) in [6, 6.07) is 0.821. The average Bonchev–Trinajstić information content (AvgIpc) is 2.19. The predicted molar refractivity (Wildman–Crippen MR) is 64.6 cm³/mol. The molecular formula is C12H24N2O2. The fourth-order valence-electron chi connectivity index (χ4n) is 2.28. The number of aliphatic carboxylic acids is 1. The third kappa shape index (κ3) is 4.10. The molecule has 4 heteroatoms. The van der Waals surface area contributed by atoms with Crippen molar-refractivity contribution in [1.29, 1.82) is 0 Å². The molecule has 4 nitrogen and oxygen atoms in total. The standard InChI is InChI=1S/C12H24N2O2/c1-10(2)14(9-12(15)16)8-11-6-4-5-7-13(11)3/h10-11H,4-9H2,1-3H3,(H,15,16). The Morgan fingerprint density at radius 2 is 2.19 bits per heavy atom. The molecule has 0 aromatic heterocycles. The zero-order valence-corrected chi connectivity index (χ0v) is 10.6. The molecule has 0 aromatic carbocycles. The molecule has 1 aliphatic rings. The van der Waals surface area contributed by atoms with Crippen molar-refractivity contribution in [2.75, 3.05) is 26.7 Å². The molecule has 0 spiro atoms. The van der Waals surface area contributed by atoms with E-state index >= 15 is 0 Å². The summed E-state index contributed by atoms with van der Waals surface area (Å²) in [6.07, 6.45) is 3.74. The number of hydrogen-bond donors (Lipinski definition) is 1. The Kier molecular flexibility index (Phi) is 5.22. The van der Waals surface area contributed by atoms with E-state index in [0.29, 0.717) is 12.1 Å². The van der Waals surface area contributed by atoms with Gasteiger partial charge in [-0.05, 0) is 40.3 Å². The van der Waals surface area contributed by atoms with Crippen molar-refractivity contribution in [3.63, 3.8) is 0 Å². The van der Waals surface area contributed by atoms with Crippen molar-refractivity contribution in [2.45, 2.75) is 45.2 Å². The van der Waals surface area contributed by atoms with Gasteiger partial charge < -0.3 is 10.0 Å². The van der Waals surface area contributed by atoms with Crippen LogP contribution in [0.4, 0.5) is 0 Å². The van der Waals surface area contributed by atoms with Crippen LogP contribution in [0, 0.1) is 0 Å². The Bertz CT molecular complexity index is 231. The minimum absolute atomic E-state index is 0.155. The van der Waals surface area contributed by atoms with Crippen LogP contribution in [0.3, 0.4) is 0 Å². The van der Waals surface area contributed by atoms with E-state index < -0.39 is 5.97 Å². The first-order chi connectivity index (χ1) is 7.50. The molecule has 0 radical (unpaired) electrons. The van der Waals surface area contributed by atoms with Gasteiger partial charge in [-0.3, -0.25) is 9.69 Å². The van der Waals surface area contributed by atoms with Crippen LogP contribution in [0.25, 0.3) is 0 Å². The molecule has 1 N–H and O–H groups in total. The van der Waals surface area contributed by atoms with E-state index in [1.165, 1.54) is 19.3 Å². The van der Waals surface area contributed by atoms with Crippen molar-refractivity contribution in [3.8, 4) is 0 Å². The van der Waals surface area contributed by atoms with Crippen LogP contribution >= 0.6 is 0 Å². The molecule has 16 heavy (non-hydrogen) atoms. The number of nitrogens with zero attached hydrogens (tertiary/aromatic N) is 2. The van der Waals surface area contributed by atoms with Crippen LogP contribution in [-0.2, 0) is 4.79 Å². The highest BCUT2D eigenvalue weighted by atomic mass is 16.4. The molecule has 0 aliphatic carbocycles. The molecular weight excluding hydrogens is 204 g/mol. The van der Waals surface area contributed by atoms with E-state index in [1.54, 1.807) is 0 Å². The lowest BCUT2D eigenvalue weighted by Crippen LogP contribution is -2.48. The van der Waals surface area contributed by atoms with Crippen molar-refractivity contribution in [1.82, 2.24) is 9.80 Å². The highest BCUT2D eigenvalue weighted by Gasteiger charge is 2.23. The number of carboxylic acid groups (broad SMARTS) is 1. The average molecular weight is 228 g/mol. The summed E-state index contributed by atoms with van der Waals surface area (Å²) < 4.78 is 0. The highest BCUT2D eigenvalue weighted by Crippen LogP contribution is 2.16. The van der Waals surface area contributed by atoms with E-state index in [-0.39, 0.29) is 6.54 Å². The number of hydrogen-bond acceptors (Lipinski definition) is 3. The predicted octanol–water partition coefficient (Wildman–Crippen LogP) is 1.27. The van der Waals surface area contributed by atoms with Crippen molar-refractivity contribution >= 4 is 5.97 Å². The van der Waals surface area contributed by atoms with E-state index in [0.717, 1.165) is 13.1 Å². The lowest BCUT2D eigenvalue weighted by atomic mass is 10.0. The number of carbonyl (C=O) groups is 1. The van der Waals surface area contributed by atoms with E-state index in [1.807, 2.05) is 0 Å². The number of piperidine rings is 1. The van der Waals surface area contributed by atoms with Crippen LogP contribution in [0.1, 0.15) is 33.1 Å². The van der Waals surface area contributed by atoms with Crippen LogP contribution < -0.4 is 0 Å². The molecule has 0 saturated carbocycles. The number of rotatable bonds is 5. The minimum atomic E-state index is -0.729. The maximum atomic E-state index is 10.8. The Balaban J connectivity index is 2.49. The Morgan fingerprint density at radius 1 is 1.50 bits per heavy atom. The highest BCUT2D eigenvalue weighted by molar-refractivity contribution is 5.69. The normalized spacial score (nSPS) is 22.9. The second-order valence-electron chi connectivity index (χ2n) is 5.05. The molecule has 1 rings (SSSR count). The summed E-state index contributed by atoms with van der Waals surface area (Å²) in [5.74, 6) is -0.729. The zero-order chi connectivity index (χ0) is 12.1. The molecule has 0 aromatic rings. The fourth-order valence-corrected chi connectivity index (χ4v) is 2.28. The molecule has 1 unspecified atom stereocenters. The van der Waals surface area contributed by atoms with Crippen molar-refractivity contribution in [2.24, 2.45) is 0 Å². The van der Waals surface area contributed by atoms with Gasteiger partial charge in [0.2, 0.25) is 0 Å². The van der Waals surface area contributed by atoms with Crippen LogP contribution in [-0.4, -0.2) is 59.6 Å². The minimum Gasteiger partial charge on any atom is -0.480 e. The number of likely N-dealkylation sites (tertiary alicyclic amines) is 1. The molecule has 1 heterocycles. The smallest absolute Gasteiger partial charge is 0.317 e. The monoisotopic (exact) mass is 228 g/mol. The summed E-state index contributed by atoms with van der Waals surface area (Å²) in [4.78, 5) is 15.2. The SMILES string of the molecule is CC(C)N(CC(=O)O)CC1CCCCN1C.